The van der Waals surface area contributed by atoms with Crippen LogP contribution in [0.5, 0.6) is 0 Å². The Kier molecular flexibility index (Phi) is 3.25. The number of thioether (sulfide) groups is 1. The van der Waals surface area contributed by atoms with E-state index >= 15 is 0 Å². The van der Waals surface area contributed by atoms with Crippen LogP contribution < -0.4 is 0 Å². The van der Waals surface area contributed by atoms with Gasteiger partial charge in [-0.15, -0.1) is 0 Å². The molecular weight excluding hydrogens is 263 g/mol. The SMILES string of the molecule is O=C1O[C@@H](c2ccccc2F)[C@H](c2ccccc2)S1. The average molecular weight is 274 g/mol. The molecule has 1 fully saturated rings. The van der Waals surface area contributed by atoms with E-state index in [2.05, 4.69) is 0 Å². The van der Waals surface area contributed by atoms with Crippen molar-refractivity contribution in [2.45, 2.75) is 11.4 Å². The van der Waals surface area contributed by atoms with Crippen LogP contribution in [0, 0.1) is 5.82 Å². The van der Waals surface area contributed by atoms with Crippen molar-refractivity contribution in [3.05, 3.63) is 71.5 Å². The lowest BCUT2D eigenvalue weighted by Gasteiger charge is -2.17. The zero-order valence-corrected chi connectivity index (χ0v) is 10.8. The highest BCUT2D eigenvalue weighted by Gasteiger charge is 2.39. The third-order valence-electron chi connectivity index (χ3n) is 3.06. The molecule has 0 saturated carbocycles. The van der Waals surface area contributed by atoms with Crippen LogP contribution in [0.2, 0.25) is 0 Å². The molecule has 4 heteroatoms. The molecule has 0 spiro atoms. The summed E-state index contributed by atoms with van der Waals surface area (Å²) in [5.74, 6) is -0.344. The second-order valence-electron chi connectivity index (χ2n) is 4.26. The molecule has 1 heterocycles. The first-order chi connectivity index (χ1) is 9.25. The smallest absolute Gasteiger partial charge is 0.368 e. The van der Waals surface area contributed by atoms with Gasteiger partial charge < -0.3 is 4.74 Å². The molecule has 2 nitrogen and oxygen atoms in total. The van der Waals surface area contributed by atoms with Gasteiger partial charge in [-0.2, -0.15) is 0 Å². The average Bonchev–Trinajstić information content (AvgIpc) is 2.82. The summed E-state index contributed by atoms with van der Waals surface area (Å²) in [6.07, 6.45) is -0.568. The standard InChI is InChI=1S/C15H11FO2S/c16-12-9-5-4-8-11(12)13-14(19-15(17)18-13)10-6-2-1-3-7-10/h1-9,13-14H/t13-,14-/m0/s1. The van der Waals surface area contributed by atoms with Crippen molar-refractivity contribution >= 4 is 17.1 Å². The number of carbonyl (C=O) groups is 1. The van der Waals surface area contributed by atoms with E-state index in [9.17, 15) is 9.18 Å². The van der Waals surface area contributed by atoms with Gasteiger partial charge in [-0.3, -0.25) is 0 Å². The van der Waals surface area contributed by atoms with Crippen LogP contribution >= 0.6 is 11.8 Å². The van der Waals surface area contributed by atoms with Crippen molar-refractivity contribution in [2.24, 2.45) is 0 Å². The predicted octanol–water partition coefficient (Wildman–Crippen LogP) is 4.49. The molecule has 1 saturated heterocycles. The van der Waals surface area contributed by atoms with Gasteiger partial charge in [0.1, 0.15) is 11.9 Å². The number of benzene rings is 2. The number of rotatable bonds is 2. The maximum Gasteiger partial charge on any atom is 0.368 e. The van der Waals surface area contributed by atoms with E-state index in [0.29, 0.717) is 5.56 Å². The molecule has 19 heavy (non-hydrogen) atoms. The van der Waals surface area contributed by atoms with Crippen LogP contribution in [0.1, 0.15) is 22.5 Å². The molecule has 2 aromatic carbocycles. The van der Waals surface area contributed by atoms with Crippen molar-refractivity contribution < 1.29 is 13.9 Å². The summed E-state index contributed by atoms with van der Waals surface area (Å²) in [5, 5.41) is -0.562. The fourth-order valence-electron chi connectivity index (χ4n) is 2.18. The van der Waals surface area contributed by atoms with E-state index in [1.54, 1.807) is 18.2 Å². The van der Waals surface area contributed by atoms with Crippen LogP contribution in [0.15, 0.2) is 54.6 Å². The quantitative estimate of drug-likeness (QED) is 0.755. The zero-order chi connectivity index (χ0) is 13.2. The van der Waals surface area contributed by atoms with E-state index in [-0.39, 0.29) is 16.4 Å². The van der Waals surface area contributed by atoms with E-state index < -0.39 is 6.10 Å². The molecule has 0 unspecified atom stereocenters. The van der Waals surface area contributed by atoms with Crippen molar-refractivity contribution in [3.63, 3.8) is 0 Å². The normalized spacial score (nSPS) is 22.3. The summed E-state index contributed by atoms with van der Waals surface area (Å²) >= 11 is 1.10. The number of carbonyl (C=O) groups excluding carboxylic acids is 1. The fourth-order valence-corrected chi connectivity index (χ4v) is 3.16. The van der Waals surface area contributed by atoms with Crippen LogP contribution in [-0.4, -0.2) is 5.30 Å². The Morgan fingerprint density at radius 2 is 1.68 bits per heavy atom. The summed E-state index contributed by atoms with van der Waals surface area (Å²) in [6, 6.07) is 16.0. The van der Waals surface area contributed by atoms with Gasteiger partial charge in [-0.25, -0.2) is 9.18 Å². The first-order valence-corrected chi connectivity index (χ1v) is 6.80. The Labute approximate surface area is 114 Å². The number of halogens is 1. The Bertz CT molecular complexity index is 600. The molecule has 0 N–H and O–H groups in total. The molecular formula is C15H11FO2S. The highest BCUT2D eigenvalue weighted by Crippen LogP contribution is 2.49. The molecule has 3 rings (SSSR count). The highest BCUT2D eigenvalue weighted by molar-refractivity contribution is 8.13. The Hall–Kier alpha value is -1.81. The van der Waals surface area contributed by atoms with Gasteiger partial charge in [0.05, 0.1) is 5.25 Å². The Balaban J connectivity index is 2.00. The van der Waals surface area contributed by atoms with E-state index in [4.69, 9.17) is 4.74 Å². The maximum absolute atomic E-state index is 13.9. The lowest BCUT2D eigenvalue weighted by Crippen LogP contribution is -2.07. The lowest BCUT2D eigenvalue weighted by molar-refractivity contribution is 0.130. The Morgan fingerprint density at radius 1 is 1.00 bits per heavy atom. The second kappa shape index (κ2) is 5.05. The van der Waals surface area contributed by atoms with Crippen molar-refractivity contribution in [3.8, 4) is 0 Å². The van der Waals surface area contributed by atoms with Gasteiger partial charge in [-0.05, 0) is 23.4 Å². The van der Waals surface area contributed by atoms with Crippen LogP contribution in [0.25, 0.3) is 0 Å². The molecule has 0 aromatic heterocycles. The molecule has 1 aliphatic heterocycles. The van der Waals surface area contributed by atoms with Gasteiger partial charge in [0.15, 0.2) is 0 Å². The van der Waals surface area contributed by atoms with E-state index in [1.807, 2.05) is 30.3 Å². The molecule has 1 aliphatic rings. The van der Waals surface area contributed by atoms with Crippen molar-refractivity contribution in [2.75, 3.05) is 0 Å². The van der Waals surface area contributed by atoms with Gasteiger partial charge in [0, 0.05) is 5.56 Å². The second-order valence-corrected chi connectivity index (χ2v) is 5.34. The lowest BCUT2D eigenvalue weighted by atomic mass is 10.0. The zero-order valence-electron chi connectivity index (χ0n) is 9.95. The largest absolute Gasteiger partial charge is 0.448 e. The monoisotopic (exact) mass is 274 g/mol. The van der Waals surface area contributed by atoms with Gasteiger partial charge in [0.25, 0.3) is 0 Å². The van der Waals surface area contributed by atoms with E-state index in [0.717, 1.165) is 17.3 Å². The topological polar surface area (TPSA) is 26.3 Å². The summed E-state index contributed by atoms with van der Waals surface area (Å²) < 4.78 is 19.1. The number of cyclic esters (lactones) is 1. The minimum absolute atomic E-state index is 0.203. The molecule has 0 radical (unpaired) electrons. The predicted molar refractivity (Wildman–Crippen MR) is 72.4 cm³/mol. The maximum atomic E-state index is 13.9. The third kappa shape index (κ3) is 2.36. The minimum Gasteiger partial charge on any atom is -0.448 e. The minimum atomic E-state index is -0.568. The Morgan fingerprint density at radius 3 is 2.42 bits per heavy atom. The third-order valence-corrected chi connectivity index (χ3v) is 4.12. The molecule has 0 aliphatic carbocycles. The highest BCUT2D eigenvalue weighted by atomic mass is 32.2. The van der Waals surface area contributed by atoms with Crippen molar-refractivity contribution in [1.29, 1.82) is 0 Å². The van der Waals surface area contributed by atoms with Crippen molar-refractivity contribution in [1.82, 2.24) is 0 Å². The molecule has 2 atom stereocenters. The summed E-state index contributed by atoms with van der Waals surface area (Å²) in [5.41, 5.74) is 1.39. The van der Waals surface area contributed by atoms with Gasteiger partial charge in [0.2, 0.25) is 0 Å². The fraction of sp³-hybridized carbons (Fsp3) is 0.133. The van der Waals surface area contributed by atoms with Crippen LogP contribution in [-0.2, 0) is 4.74 Å². The van der Waals surface area contributed by atoms with E-state index in [1.165, 1.54) is 6.07 Å². The summed E-state index contributed by atoms with van der Waals surface area (Å²) in [6.45, 7) is 0. The first-order valence-electron chi connectivity index (χ1n) is 5.92. The summed E-state index contributed by atoms with van der Waals surface area (Å²) in [4.78, 5) is 11.5. The molecule has 0 amide bonds. The molecule has 96 valence electrons. The van der Waals surface area contributed by atoms with Crippen LogP contribution in [0.4, 0.5) is 9.18 Å². The molecule has 0 bridgehead atoms. The van der Waals surface area contributed by atoms with Crippen LogP contribution in [0.3, 0.4) is 0 Å². The number of hydrogen-bond donors (Lipinski definition) is 0. The number of hydrogen-bond acceptors (Lipinski definition) is 3. The summed E-state index contributed by atoms with van der Waals surface area (Å²) in [7, 11) is 0. The van der Waals surface area contributed by atoms with Gasteiger partial charge >= 0.3 is 5.30 Å². The first kappa shape index (κ1) is 12.2. The molecule has 2 aromatic rings. The number of ether oxygens (including phenoxy) is 1. The van der Waals surface area contributed by atoms with Gasteiger partial charge in [-0.1, -0.05) is 48.5 Å².